The molecular formula is C16H21Cl2F3N2O. The van der Waals surface area contributed by atoms with E-state index >= 15 is 0 Å². The van der Waals surface area contributed by atoms with Gasteiger partial charge in [0.15, 0.2) is 0 Å². The summed E-state index contributed by atoms with van der Waals surface area (Å²) in [5, 5.41) is 3.16. The van der Waals surface area contributed by atoms with Crippen molar-refractivity contribution in [2.24, 2.45) is 5.92 Å². The molecular weight excluding hydrogens is 364 g/mol. The lowest BCUT2D eigenvalue weighted by atomic mass is 9.92. The van der Waals surface area contributed by atoms with E-state index in [9.17, 15) is 18.0 Å². The fraction of sp³-hybridized carbons (Fsp3) is 0.562. The van der Waals surface area contributed by atoms with Gasteiger partial charge in [-0.05, 0) is 29.5 Å². The van der Waals surface area contributed by atoms with Gasteiger partial charge < -0.3 is 10.2 Å². The number of alkyl halides is 3. The van der Waals surface area contributed by atoms with Gasteiger partial charge in [-0.2, -0.15) is 13.2 Å². The van der Waals surface area contributed by atoms with Crippen LogP contribution in [0.25, 0.3) is 0 Å². The minimum absolute atomic E-state index is 0. The van der Waals surface area contributed by atoms with Crippen molar-refractivity contribution in [3.63, 3.8) is 0 Å². The highest BCUT2D eigenvalue weighted by Crippen LogP contribution is 2.43. The predicted molar refractivity (Wildman–Crippen MR) is 91.1 cm³/mol. The van der Waals surface area contributed by atoms with Crippen molar-refractivity contribution in [1.29, 1.82) is 0 Å². The molecule has 2 heterocycles. The summed E-state index contributed by atoms with van der Waals surface area (Å²) in [5.41, 5.74) is 0.262. The van der Waals surface area contributed by atoms with Crippen molar-refractivity contribution in [3.8, 4) is 0 Å². The molecule has 1 amide bonds. The van der Waals surface area contributed by atoms with Crippen LogP contribution < -0.4 is 5.32 Å². The predicted octanol–water partition coefficient (Wildman–Crippen LogP) is 3.85. The molecule has 1 saturated heterocycles. The summed E-state index contributed by atoms with van der Waals surface area (Å²) in [6.07, 6.45) is -3.93. The molecule has 1 aromatic rings. The number of hydrogen-bond acceptors (Lipinski definition) is 2. The lowest BCUT2D eigenvalue weighted by molar-refractivity contribution is -0.138. The van der Waals surface area contributed by atoms with Gasteiger partial charge in [0.1, 0.15) is 0 Å². The highest BCUT2D eigenvalue weighted by Gasteiger charge is 2.45. The minimum atomic E-state index is -4.51. The van der Waals surface area contributed by atoms with E-state index in [0.717, 1.165) is 6.07 Å². The summed E-state index contributed by atoms with van der Waals surface area (Å²) in [6, 6.07) is 2.67. The zero-order chi connectivity index (χ0) is 16.1. The Bertz CT molecular complexity index is 620. The van der Waals surface area contributed by atoms with Crippen LogP contribution in [0.5, 0.6) is 0 Å². The van der Waals surface area contributed by atoms with Crippen LogP contribution in [0.4, 0.5) is 13.2 Å². The molecule has 0 bridgehead atoms. The van der Waals surface area contributed by atoms with Gasteiger partial charge in [-0.1, -0.05) is 19.9 Å². The number of halogens is 5. The first kappa shape index (κ1) is 21.1. The van der Waals surface area contributed by atoms with Gasteiger partial charge in [-0.25, -0.2) is 0 Å². The summed E-state index contributed by atoms with van der Waals surface area (Å²) >= 11 is 0. The molecule has 0 aliphatic carbocycles. The van der Waals surface area contributed by atoms with Gasteiger partial charge in [0.2, 0.25) is 0 Å². The van der Waals surface area contributed by atoms with E-state index in [1.54, 1.807) is 11.0 Å². The summed E-state index contributed by atoms with van der Waals surface area (Å²) in [4.78, 5) is 14.0. The highest BCUT2D eigenvalue weighted by atomic mass is 35.5. The summed E-state index contributed by atoms with van der Waals surface area (Å²) in [5.74, 6) is -0.221. The Morgan fingerprint density at radius 1 is 1.29 bits per heavy atom. The number of rotatable bonds is 2. The standard InChI is InChI=1S/C16H19F3N2O.2ClH/c1-9(2)5-10-6-11-13-8-20-3-4-21(13)15(22)14(11)12(7-10)16(17,18)19;;/h6-7,9,13,20H,3-5,8H2,1-2H3;2*1H/t13-;;/m0../s1. The third-order valence-corrected chi connectivity index (χ3v) is 4.26. The van der Waals surface area contributed by atoms with Crippen LogP contribution in [-0.4, -0.2) is 30.4 Å². The van der Waals surface area contributed by atoms with E-state index in [1.165, 1.54) is 0 Å². The fourth-order valence-electron chi connectivity index (χ4n) is 3.41. The molecule has 1 aromatic carbocycles. The van der Waals surface area contributed by atoms with Gasteiger partial charge in [0, 0.05) is 19.6 Å². The Hall–Kier alpha value is -0.980. The Kier molecular flexibility index (Phi) is 6.58. The largest absolute Gasteiger partial charge is 0.417 e. The van der Waals surface area contributed by atoms with Crippen LogP contribution in [0.15, 0.2) is 12.1 Å². The van der Waals surface area contributed by atoms with Crippen molar-refractivity contribution in [2.75, 3.05) is 19.6 Å². The first-order chi connectivity index (χ1) is 10.3. The van der Waals surface area contributed by atoms with E-state index in [2.05, 4.69) is 5.32 Å². The maximum Gasteiger partial charge on any atom is 0.417 e. The topological polar surface area (TPSA) is 32.3 Å². The molecule has 0 unspecified atom stereocenters. The third-order valence-electron chi connectivity index (χ3n) is 4.26. The van der Waals surface area contributed by atoms with Crippen LogP contribution in [0.3, 0.4) is 0 Å². The molecule has 1 fully saturated rings. The lowest BCUT2D eigenvalue weighted by Gasteiger charge is -2.30. The monoisotopic (exact) mass is 384 g/mol. The molecule has 1 atom stereocenters. The van der Waals surface area contributed by atoms with Crippen molar-refractivity contribution in [2.45, 2.75) is 32.5 Å². The quantitative estimate of drug-likeness (QED) is 0.839. The summed E-state index contributed by atoms with van der Waals surface area (Å²) in [6.45, 7) is 5.53. The third kappa shape index (κ3) is 3.65. The molecule has 24 heavy (non-hydrogen) atoms. The first-order valence-corrected chi connectivity index (χ1v) is 7.54. The number of nitrogens with zero attached hydrogens (tertiary/aromatic N) is 1. The normalized spacial score (nSPS) is 19.5. The van der Waals surface area contributed by atoms with E-state index in [0.29, 0.717) is 37.2 Å². The van der Waals surface area contributed by atoms with Gasteiger partial charge in [0.05, 0.1) is 17.2 Å². The van der Waals surface area contributed by atoms with Gasteiger partial charge in [-0.15, -0.1) is 24.8 Å². The molecule has 0 aromatic heterocycles. The van der Waals surface area contributed by atoms with E-state index in [-0.39, 0.29) is 42.3 Å². The Morgan fingerprint density at radius 3 is 2.54 bits per heavy atom. The molecule has 3 rings (SSSR count). The molecule has 3 nitrogen and oxygen atoms in total. The molecule has 0 saturated carbocycles. The van der Waals surface area contributed by atoms with Crippen LogP contribution in [-0.2, 0) is 12.6 Å². The number of carbonyl (C=O) groups excluding carboxylic acids is 1. The molecule has 0 radical (unpaired) electrons. The average Bonchev–Trinajstić information content (AvgIpc) is 2.71. The van der Waals surface area contributed by atoms with Crippen molar-refractivity contribution in [1.82, 2.24) is 10.2 Å². The molecule has 2 aliphatic heterocycles. The van der Waals surface area contributed by atoms with Crippen LogP contribution in [0, 0.1) is 5.92 Å². The Labute approximate surface area is 151 Å². The first-order valence-electron chi connectivity index (χ1n) is 7.54. The molecule has 8 heteroatoms. The smallest absolute Gasteiger partial charge is 0.329 e. The second-order valence-electron chi connectivity index (χ2n) is 6.42. The number of piperazine rings is 1. The van der Waals surface area contributed by atoms with E-state index < -0.39 is 17.6 Å². The number of amides is 1. The van der Waals surface area contributed by atoms with Crippen molar-refractivity contribution >= 4 is 30.7 Å². The Morgan fingerprint density at radius 2 is 1.96 bits per heavy atom. The van der Waals surface area contributed by atoms with Crippen LogP contribution in [0.1, 0.15) is 46.9 Å². The number of benzene rings is 1. The maximum atomic E-state index is 13.4. The molecule has 2 aliphatic rings. The molecule has 0 spiro atoms. The van der Waals surface area contributed by atoms with Gasteiger partial charge in [0.25, 0.3) is 5.91 Å². The number of fused-ring (bicyclic) bond motifs is 3. The summed E-state index contributed by atoms with van der Waals surface area (Å²) < 4.78 is 40.3. The van der Waals surface area contributed by atoms with Gasteiger partial charge in [-0.3, -0.25) is 4.79 Å². The number of nitrogens with one attached hydrogen (secondary N) is 1. The highest BCUT2D eigenvalue weighted by molar-refractivity contribution is 6.01. The average molecular weight is 385 g/mol. The van der Waals surface area contributed by atoms with E-state index in [1.807, 2.05) is 13.8 Å². The number of hydrogen-bond donors (Lipinski definition) is 1. The summed E-state index contributed by atoms with van der Waals surface area (Å²) in [7, 11) is 0. The van der Waals surface area contributed by atoms with Gasteiger partial charge >= 0.3 is 6.18 Å². The molecule has 1 N–H and O–H groups in total. The van der Waals surface area contributed by atoms with Crippen molar-refractivity contribution < 1.29 is 18.0 Å². The SMILES string of the molecule is CC(C)Cc1cc2c(c(C(F)(F)F)c1)C(=O)N1CCNC[C@@H]21.Cl.Cl. The zero-order valence-corrected chi connectivity index (χ0v) is 15.1. The number of carbonyl (C=O) groups is 1. The van der Waals surface area contributed by atoms with E-state index in [4.69, 9.17) is 0 Å². The fourth-order valence-corrected chi connectivity index (χ4v) is 3.41. The lowest BCUT2D eigenvalue weighted by Crippen LogP contribution is -2.44. The minimum Gasteiger partial charge on any atom is -0.329 e. The van der Waals surface area contributed by atoms with Crippen LogP contribution in [0.2, 0.25) is 0 Å². The van der Waals surface area contributed by atoms with Crippen molar-refractivity contribution in [3.05, 3.63) is 34.4 Å². The Balaban J connectivity index is 0.00000144. The second-order valence-corrected chi connectivity index (χ2v) is 6.42. The van der Waals surface area contributed by atoms with Crippen LogP contribution >= 0.6 is 24.8 Å². The zero-order valence-electron chi connectivity index (χ0n) is 13.4. The molecule has 136 valence electrons. The maximum absolute atomic E-state index is 13.4. The second kappa shape index (κ2) is 7.50.